The van der Waals surface area contributed by atoms with E-state index in [1.807, 2.05) is 0 Å². The van der Waals surface area contributed by atoms with Crippen LogP contribution in [0.5, 0.6) is 5.75 Å². The van der Waals surface area contributed by atoms with Crippen molar-refractivity contribution in [3.8, 4) is 17.0 Å². The Morgan fingerprint density at radius 3 is 2.39 bits per heavy atom. The summed E-state index contributed by atoms with van der Waals surface area (Å²) >= 11 is 0. The fraction of sp³-hybridized carbons (Fsp3) is 0.0526. The van der Waals surface area contributed by atoms with Crippen molar-refractivity contribution in [3.05, 3.63) is 66.6 Å². The number of hydrogen-bond donors (Lipinski definition) is 2. The van der Waals surface area contributed by atoms with Gasteiger partial charge < -0.3 is 10.4 Å². The molecule has 0 saturated heterocycles. The highest BCUT2D eigenvalue weighted by atomic mass is 19.4. The summed E-state index contributed by atoms with van der Waals surface area (Å²) in [6.07, 6.45) is -1.60. The van der Waals surface area contributed by atoms with Crippen molar-refractivity contribution >= 4 is 22.4 Å². The van der Waals surface area contributed by atoms with Gasteiger partial charge in [0.05, 0.1) is 5.56 Å². The van der Waals surface area contributed by atoms with Crippen LogP contribution in [-0.4, -0.2) is 25.3 Å². The Balaban J connectivity index is 1.83. The number of anilines is 2. The Morgan fingerprint density at radius 1 is 0.929 bits per heavy atom. The lowest BCUT2D eigenvalue weighted by Crippen LogP contribution is -2.05. The average Bonchev–Trinajstić information content (AvgIpc) is 2.69. The van der Waals surface area contributed by atoms with Crippen LogP contribution in [0.25, 0.3) is 22.0 Å². The molecule has 0 bridgehead atoms. The van der Waals surface area contributed by atoms with Crippen molar-refractivity contribution in [1.82, 2.24) is 20.2 Å². The molecule has 6 nitrogen and oxygen atoms in total. The molecule has 2 aromatic carbocycles. The number of benzene rings is 2. The largest absolute Gasteiger partial charge is 0.507 e. The second kappa shape index (κ2) is 6.76. The van der Waals surface area contributed by atoms with Crippen LogP contribution >= 0.6 is 0 Å². The number of alkyl halides is 3. The molecule has 0 aliphatic heterocycles. The van der Waals surface area contributed by atoms with Gasteiger partial charge in [-0.15, -0.1) is 10.2 Å². The van der Waals surface area contributed by atoms with Crippen LogP contribution in [0.1, 0.15) is 5.56 Å². The summed E-state index contributed by atoms with van der Waals surface area (Å²) in [5.74, 6) is 0.412. The molecule has 0 fully saturated rings. The summed E-state index contributed by atoms with van der Waals surface area (Å²) < 4.78 is 38.6. The lowest BCUT2D eigenvalue weighted by atomic mass is 10.0. The minimum atomic E-state index is -4.55. The third-order valence-corrected chi connectivity index (χ3v) is 4.10. The van der Waals surface area contributed by atoms with Crippen LogP contribution in [0.15, 0.2) is 61.1 Å². The first-order chi connectivity index (χ1) is 13.4. The number of phenols is 1. The van der Waals surface area contributed by atoms with Crippen molar-refractivity contribution in [1.29, 1.82) is 0 Å². The summed E-state index contributed by atoms with van der Waals surface area (Å²) in [5.41, 5.74) is -0.506. The van der Waals surface area contributed by atoms with E-state index in [1.54, 1.807) is 36.5 Å². The molecule has 4 aromatic rings. The van der Waals surface area contributed by atoms with E-state index in [-0.39, 0.29) is 11.3 Å². The minimum Gasteiger partial charge on any atom is -0.507 e. The van der Waals surface area contributed by atoms with Gasteiger partial charge in [-0.05, 0) is 24.3 Å². The van der Waals surface area contributed by atoms with Crippen molar-refractivity contribution < 1.29 is 18.3 Å². The fourth-order valence-corrected chi connectivity index (χ4v) is 2.79. The molecular weight excluding hydrogens is 371 g/mol. The number of nitrogens with zero attached hydrogens (tertiary/aromatic N) is 4. The van der Waals surface area contributed by atoms with Crippen molar-refractivity contribution in [2.24, 2.45) is 0 Å². The molecule has 0 aliphatic carbocycles. The van der Waals surface area contributed by atoms with Crippen molar-refractivity contribution in [2.75, 3.05) is 5.32 Å². The van der Waals surface area contributed by atoms with Gasteiger partial charge in [0.15, 0.2) is 5.82 Å². The standard InChI is InChI=1S/C19H12F3N5O/c20-19(21,22)11-5-6-14(15(28)9-11)17-12-3-1-2-4-13(12)18(27-26-17)25-16-7-8-23-10-24-16/h1-10,28H,(H,23,24,25,27). The molecular formula is C19H12F3N5O. The van der Waals surface area contributed by atoms with E-state index in [0.717, 1.165) is 6.07 Å². The summed E-state index contributed by atoms with van der Waals surface area (Å²) in [4.78, 5) is 7.91. The molecule has 4 rings (SSSR count). The smallest absolute Gasteiger partial charge is 0.416 e. The van der Waals surface area contributed by atoms with Crippen LogP contribution < -0.4 is 5.32 Å². The fourth-order valence-electron chi connectivity index (χ4n) is 2.79. The number of aromatic hydroxyl groups is 1. The quantitative estimate of drug-likeness (QED) is 0.540. The first-order valence-corrected chi connectivity index (χ1v) is 8.12. The Kier molecular flexibility index (Phi) is 4.26. The van der Waals surface area contributed by atoms with Gasteiger partial charge in [-0.25, -0.2) is 9.97 Å². The number of aromatic nitrogens is 4. The van der Waals surface area contributed by atoms with Crippen LogP contribution in [0.2, 0.25) is 0 Å². The number of fused-ring (bicyclic) bond motifs is 1. The molecule has 2 aromatic heterocycles. The van der Waals surface area contributed by atoms with Gasteiger partial charge in [0, 0.05) is 22.5 Å². The maximum absolute atomic E-state index is 12.9. The second-order valence-corrected chi connectivity index (χ2v) is 5.89. The van der Waals surface area contributed by atoms with E-state index in [2.05, 4.69) is 25.5 Å². The van der Waals surface area contributed by atoms with Crippen LogP contribution in [0.3, 0.4) is 0 Å². The highest BCUT2D eigenvalue weighted by Gasteiger charge is 2.31. The lowest BCUT2D eigenvalue weighted by Gasteiger charge is -2.13. The van der Waals surface area contributed by atoms with Crippen molar-refractivity contribution in [2.45, 2.75) is 6.18 Å². The Morgan fingerprint density at radius 2 is 1.71 bits per heavy atom. The second-order valence-electron chi connectivity index (χ2n) is 5.89. The van der Waals surface area contributed by atoms with E-state index in [1.165, 1.54) is 12.4 Å². The minimum absolute atomic E-state index is 0.158. The van der Waals surface area contributed by atoms with Gasteiger partial charge in [-0.1, -0.05) is 24.3 Å². The molecule has 0 spiro atoms. The summed E-state index contributed by atoms with van der Waals surface area (Å²) in [6, 6.07) is 11.5. The van der Waals surface area contributed by atoms with Gasteiger partial charge in [0.1, 0.15) is 23.6 Å². The molecule has 140 valence electrons. The monoisotopic (exact) mass is 383 g/mol. The van der Waals surface area contributed by atoms with Gasteiger partial charge in [-0.2, -0.15) is 13.2 Å². The zero-order valence-electron chi connectivity index (χ0n) is 14.1. The van der Waals surface area contributed by atoms with Gasteiger partial charge in [0.25, 0.3) is 0 Å². The predicted octanol–water partition coefficient (Wildman–Crippen LogP) is 4.55. The number of nitrogens with one attached hydrogen (secondary N) is 1. The summed E-state index contributed by atoms with van der Waals surface area (Å²) in [6.45, 7) is 0. The Bertz CT molecular complexity index is 1150. The molecule has 0 radical (unpaired) electrons. The Hall–Kier alpha value is -3.75. The van der Waals surface area contributed by atoms with Crippen molar-refractivity contribution in [3.63, 3.8) is 0 Å². The highest BCUT2D eigenvalue weighted by molar-refractivity contribution is 6.01. The molecule has 9 heteroatoms. The molecule has 0 aliphatic rings. The molecule has 0 saturated carbocycles. The predicted molar refractivity (Wildman–Crippen MR) is 97.0 cm³/mol. The third kappa shape index (κ3) is 3.29. The van der Waals surface area contributed by atoms with Gasteiger partial charge in [-0.3, -0.25) is 0 Å². The van der Waals surface area contributed by atoms with E-state index in [4.69, 9.17) is 0 Å². The molecule has 2 N–H and O–H groups in total. The van der Waals surface area contributed by atoms with Crippen LogP contribution in [0, 0.1) is 0 Å². The summed E-state index contributed by atoms with van der Waals surface area (Å²) in [7, 11) is 0. The first-order valence-electron chi connectivity index (χ1n) is 8.12. The zero-order valence-corrected chi connectivity index (χ0v) is 14.1. The third-order valence-electron chi connectivity index (χ3n) is 4.10. The number of halogens is 3. The number of phenolic OH excluding ortho intramolecular Hbond substituents is 1. The lowest BCUT2D eigenvalue weighted by molar-refractivity contribution is -0.137. The van der Waals surface area contributed by atoms with Crippen LogP contribution in [-0.2, 0) is 6.18 Å². The first kappa shape index (κ1) is 17.7. The summed E-state index contributed by atoms with van der Waals surface area (Å²) in [5, 5.41) is 22.8. The molecule has 0 unspecified atom stereocenters. The van der Waals surface area contributed by atoms with E-state index in [9.17, 15) is 18.3 Å². The molecule has 28 heavy (non-hydrogen) atoms. The Labute approximate surface area is 156 Å². The van der Waals surface area contributed by atoms with Crippen LogP contribution in [0.4, 0.5) is 24.8 Å². The normalized spacial score (nSPS) is 11.5. The average molecular weight is 383 g/mol. The van der Waals surface area contributed by atoms with Gasteiger partial charge in [0.2, 0.25) is 0 Å². The molecule has 2 heterocycles. The van der Waals surface area contributed by atoms with E-state index >= 15 is 0 Å². The maximum atomic E-state index is 12.9. The topological polar surface area (TPSA) is 83.8 Å². The van der Waals surface area contributed by atoms with E-state index < -0.39 is 17.5 Å². The zero-order chi connectivity index (χ0) is 19.7. The van der Waals surface area contributed by atoms with E-state index in [0.29, 0.717) is 28.5 Å². The number of rotatable bonds is 3. The van der Waals surface area contributed by atoms with Gasteiger partial charge >= 0.3 is 6.18 Å². The number of hydrogen-bond acceptors (Lipinski definition) is 6. The molecule has 0 atom stereocenters. The SMILES string of the molecule is Oc1cc(C(F)(F)F)ccc1-c1nnc(Nc2ccncn2)c2ccccc12. The highest BCUT2D eigenvalue weighted by Crippen LogP contribution is 2.38. The molecule has 0 amide bonds. The maximum Gasteiger partial charge on any atom is 0.416 e.